The number of thiophene rings is 1. The second-order valence-corrected chi connectivity index (χ2v) is 14.3. The van der Waals surface area contributed by atoms with Crippen LogP contribution in [0.3, 0.4) is 0 Å². The number of terminal acetylenes is 1. The minimum absolute atomic E-state index is 0.510. The molecule has 8 rings (SSSR count). The third-order valence-electron chi connectivity index (χ3n) is 10.3. The molecule has 0 N–H and O–H groups in total. The van der Waals surface area contributed by atoms with E-state index < -0.39 is 0 Å². The Bertz CT molecular complexity index is 2560. The van der Waals surface area contributed by atoms with E-state index in [0.29, 0.717) is 34.9 Å². The molecular weight excluding hydrogens is 639 g/mol. The lowest BCUT2D eigenvalue weighted by Gasteiger charge is -2.24. The van der Waals surface area contributed by atoms with Crippen LogP contribution >= 0.6 is 11.3 Å². The molecule has 3 aliphatic rings. The summed E-state index contributed by atoms with van der Waals surface area (Å²) in [6, 6.07) is 21.9. The first-order valence-electron chi connectivity index (χ1n) is 17.8. The van der Waals surface area contributed by atoms with Gasteiger partial charge in [-0.15, -0.1) is 17.8 Å². The van der Waals surface area contributed by atoms with Crippen LogP contribution in [0.1, 0.15) is 62.0 Å². The van der Waals surface area contributed by atoms with Crippen molar-refractivity contribution in [2.75, 3.05) is 0 Å². The van der Waals surface area contributed by atoms with Crippen LogP contribution in [0.2, 0.25) is 0 Å². The summed E-state index contributed by atoms with van der Waals surface area (Å²) in [5.74, 6) is 5.85. The van der Waals surface area contributed by atoms with Crippen LogP contribution in [0, 0.1) is 24.2 Å². The molecule has 2 unspecified atom stereocenters. The highest BCUT2D eigenvalue weighted by atomic mass is 32.1. The maximum atomic E-state index is 6.34. The molecule has 2 atom stereocenters. The van der Waals surface area contributed by atoms with Gasteiger partial charge in [0.25, 0.3) is 0 Å². The molecule has 0 saturated heterocycles. The largest absolute Gasteiger partial charge is 0.208 e. The molecule has 0 aliphatic heterocycles. The zero-order valence-electron chi connectivity index (χ0n) is 29.2. The SMILES string of the molecule is C#C/C(c1nc(C(/C=C\C)=C/C)nc(-c2cccc3c2-c2cc(C4=CCC(C5C=CC=CC5)C=C4)ccc2C3)n1)=c1/sc2ccccc2/c1=C/C. The van der Waals surface area contributed by atoms with E-state index >= 15 is 0 Å². The molecule has 3 aromatic carbocycles. The van der Waals surface area contributed by atoms with E-state index in [2.05, 4.69) is 122 Å². The Balaban J connectivity index is 1.27. The van der Waals surface area contributed by atoms with Gasteiger partial charge in [-0.2, -0.15) is 0 Å². The molecule has 0 spiro atoms. The van der Waals surface area contributed by atoms with E-state index in [9.17, 15) is 0 Å². The number of aromatic nitrogens is 3. The minimum atomic E-state index is 0.510. The number of allylic oxidation sites excluding steroid dienone is 12. The first-order valence-corrected chi connectivity index (χ1v) is 18.6. The quantitative estimate of drug-likeness (QED) is 0.130. The van der Waals surface area contributed by atoms with Gasteiger partial charge in [0.2, 0.25) is 0 Å². The first kappa shape index (κ1) is 32.6. The topological polar surface area (TPSA) is 38.7 Å². The van der Waals surface area contributed by atoms with Crippen LogP contribution in [0.4, 0.5) is 0 Å². The normalized spacial score (nSPS) is 19.0. The number of benzene rings is 3. The van der Waals surface area contributed by atoms with E-state index in [1.54, 1.807) is 11.3 Å². The van der Waals surface area contributed by atoms with Gasteiger partial charge in [-0.05, 0) is 103 Å². The Kier molecular flexibility index (Phi) is 8.90. The van der Waals surface area contributed by atoms with Crippen molar-refractivity contribution >= 4 is 44.2 Å². The number of hydrogen-bond acceptors (Lipinski definition) is 4. The van der Waals surface area contributed by atoms with Gasteiger partial charge in [0.1, 0.15) is 0 Å². The summed E-state index contributed by atoms with van der Waals surface area (Å²) in [6.45, 7) is 6.08. The van der Waals surface area contributed by atoms with Crippen LogP contribution in [-0.4, -0.2) is 15.0 Å². The van der Waals surface area contributed by atoms with E-state index in [1.165, 1.54) is 43.5 Å². The third-order valence-corrected chi connectivity index (χ3v) is 11.5. The van der Waals surface area contributed by atoms with Gasteiger partial charge in [-0.25, -0.2) is 15.0 Å². The molecule has 248 valence electrons. The molecular formula is C47H39N3S. The van der Waals surface area contributed by atoms with Crippen molar-refractivity contribution in [1.29, 1.82) is 0 Å². The average Bonchev–Trinajstić information content (AvgIpc) is 3.75. The lowest BCUT2D eigenvalue weighted by Crippen LogP contribution is -2.22. The average molecular weight is 678 g/mol. The second kappa shape index (κ2) is 13.9. The van der Waals surface area contributed by atoms with Crippen molar-refractivity contribution < 1.29 is 0 Å². The number of rotatable bonds is 6. The van der Waals surface area contributed by atoms with E-state index in [0.717, 1.165) is 40.2 Å². The zero-order valence-corrected chi connectivity index (χ0v) is 30.0. The van der Waals surface area contributed by atoms with Gasteiger partial charge in [0, 0.05) is 21.2 Å². The standard InChI is InChI=1S/C47H39N3S/c1-5-15-30(6-2)45-48-46(38(8-4)44-37(7-3)39-19-12-13-21-42(39)51-44)50-47(49-45)40-20-14-18-36-28-35-27-26-34(29-41(35)43(36)40)33-24-22-32(23-25-33)31-16-10-9-11-17-31/h4-7,9-16,18-22,24-27,29,31-32H,17,23,28H2,1-3H3/b15-5-,30-6+,37-7-,44-38-. The van der Waals surface area contributed by atoms with Crippen molar-refractivity contribution in [3.8, 4) is 34.9 Å². The minimum Gasteiger partial charge on any atom is -0.208 e. The number of fused-ring (bicyclic) bond motifs is 4. The smallest absolute Gasteiger partial charge is 0.173 e. The maximum Gasteiger partial charge on any atom is 0.173 e. The lowest BCUT2D eigenvalue weighted by atomic mass is 9.81. The van der Waals surface area contributed by atoms with Crippen LogP contribution in [0.25, 0.3) is 55.4 Å². The fourth-order valence-corrected chi connectivity index (χ4v) is 8.92. The number of hydrogen-bond donors (Lipinski definition) is 0. The Hall–Kier alpha value is -5.63. The molecule has 0 saturated carbocycles. The Labute approximate surface area is 304 Å². The summed E-state index contributed by atoms with van der Waals surface area (Å²) in [6.07, 6.45) is 33.7. The lowest BCUT2D eigenvalue weighted by molar-refractivity contribution is 0.478. The van der Waals surface area contributed by atoms with E-state index in [1.807, 2.05) is 32.1 Å². The molecule has 0 amide bonds. The highest BCUT2D eigenvalue weighted by Gasteiger charge is 2.26. The van der Waals surface area contributed by atoms with Crippen molar-refractivity contribution in [2.45, 2.75) is 40.0 Å². The molecule has 0 radical (unpaired) electrons. The van der Waals surface area contributed by atoms with Gasteiger partial charge in [0.05, 0.1) is 10.1 Å². The van der Waals surface area contributed by atoms with Crippen molar-refractivity contribution in [2.24, 2.45) is 11.8 Å². The summed E-state index contributed by atoms with van der Waals surface area (Å²) >= 11 is 1.68. The molecule has 0 fully saturated rings. The number of nitrogens with zero attached hydrogens (tertiary/aromatic N) is 3. The molecule has 2 aromatic heterocycles. The van der Waals surface area contributed by atoms with Gasteiger partial charge < -0.3 is 0 Å². The van der Waals surface area contributed by atoms with Crippen LogP contribution in [0.15, 0.2) is 121 Å². The Morgan fingerprint density at radius 1 is 0.863 bits per heavy atom. The Morgan fingerprint density at radius 3 is 2.49 bits per heavy atom. The molecule has 5 aromatic rings. The van der Waals surface area contributed by atoms with Crippen molar-refractivity contribution in [1.82, 2.24) is 15.0 Å². The fraction of sp³-hybridized carbons (Fsp3) is 0.170. The summed E-state index contributed by atoms with van der Waals surface area (Å²) in [5.41, 5.74) is 10.1. The van der Waals surface area contributed by atoms with Crippen LogP contribution in [0.5, 0.6) is 0 Å². The van der Waals surface area contributed by atoms with Gasteiger partial charge in [-0.1, -0.05) is 121 Å². The zero-order chi connectivity index (χ0) is 34.9. The van der Waals surface area contributed by atoms with E-state index in [4.69, 9.17) is 21.4 Å². The fourth-order valence-electron chi connectivity index (χ4n) is 7.67. The summed E-state index contributed by atoms with van der Waals surface area (Å²) in [5, 5.41) is 2.29. The van der Waals surface area contributed by atoms with E-state index in [-0.39, 0.29) is 0 Å². The molecule has 51 heavy (non-hydrogen) atoms. The van der Waals surface area contributed by atoms with Crippen LogP contribution < -0.4 is 9.75 Å². The third kappa shape index (κ3) is 5.98. The monoisotopic (exact) mass is 677 g/mol. The molecule has 0 bridgehead atoms. The van der Waals surface area contributed by atoms with Gasteiger partial charge in [0.15, 0.2) is 17.5 Å². The molecule has 3 aliphatic carbocycles. The summed E-state index contributed by atoms with van der Waals surface area (Å²) < 4.78 is 2.18. The first-order chi connectivity index (χ1) is 25.1. The molecule has 4 heteroatoms. The maximum absolute atomic E-state index is 6.34. The highest BCUT2D eigenvalue weighted by molar-refractivity contribution is 7.17. The summed E-state index contributed by atoms with van der Waals surface area (Å²) in [4.78, 5) is 15.4. The van der Waals surface area contributed by atoms with Crippen LogP contribution in [-0.2, 0) is 6.42 Å². The van der Waals surface area contributed by atoms with Gasteiger partial charge >= 0.3 is 0 Å². The predicted molar refractivity (Wildman–Crippen MR) is 216 cm³/mol. The highest BCUT2D eigenvalue weighted by Crippen LogP contribution is 2.44. The summed E-state index contributed by atoms with van der Waals surface area (Å²) in [7, 11) is 0. The molecule has 2 heterocycles. The molecule has 3 nitrogen and oxygen atoms in total. The predicted octanol–water partition coefficient (Wildman–Crippen LogP) is 10.0. The second-order valence-electron chi connectivity index (χ2n) is 13.2. The van der Waals surface area contributed by atoms with Crippen molar-refractivity contribution in [3.05, 3.63) is 160 Å². The van der Waals surface area contributed by atoms with Gasteiger partial charge in [-0.3, -0.25) is 0 Å². The van der Waals surface area contributed by atoms with Crippen molar-refractivity contribution in [3.63, 3.8) is 0 Å². The Morgan fingerprint density at radius 2 is 1.73 bits per heavy atom.